The molecule has 1 aromatic carbocycles. The van der Waals surface area contributed by atoms with E-state index in [0.29, 0.717) is 12.0 Å². The van der Waals surface area contributed by atoms with Crippen molar-refractivity contribution < 1.29 is 13.2 Å². The van der Waals surface area contributed by atoms with Crippen LogP contribution in [-0.2, 0) is 6.18 Å². The van der Waals surface area contributed by atoms with Crippen LogP contribution in [0.2, 0.25) is 0 Å². The summed E-state index contributed by atoms with van der Waals surface area (Å²) in [5.41, 5.74) is -0.188. The molecule has 2 nitrogen and oxygen atoms in total. The number of nitrogens with zero attached hydrogens (tertiary/aromatic N) is 1. The van der Waals surface area contributed by atoms with Crippen LogP contribution in [0.5, 0.6) is 0 Å². The Kier molecular flexibility index (Phi) is 9.08. The van der Waals surface area contributed by atoms with Crippen LogP contribution in [0.4, 0.5) is 13.2 Å². The fourth-order valence-corrected chi connectivity index (χ4v) is 2.67. The number of piperazine rings is 1. The molecule has 0 spiro atoms. The van der Waals surface area contributed by atoms with E-state index in [2.05, 4.69) is 16.8 Å². The second kappa shape index (κ2) is 9.40. The molecular weight excluding hydrogens is 336 g/mol. The SMILES string of the molecule is C=CC[C@H](c1ccccc1C(F)(F)F)N1CCNCC1.Cl.Cl. The lowest BCUT2D eigenvalue weighted by Gasteiger charge is -2.35. The molecule has 1 heterocycles. The maximum atomic E-state index is 13.2. The molecule has 1 saturated heterocycles. The van der Waals surface area contributed by atoms with Crippen molar-refractivity contribution in [3.8, 4) is 0 Å². The fourth-order valence-electron chi connectivity index (χ4n) is 2.67. The zero-order valence-electron chi connectivity index (χ0n) is 12.1. The highest BCUT2D eigenvalue weighted by molar-refractivity contribution is 5.85. The average Bonchev–Trinajstić information content (AvgIpc) is 2.45. The third-order valence-electron chi connectivity index (χ3n) is 3.61. The molecule has 1 aliphatic rings. The van der Waals surface area contributed by atoms with E-state index in [1.807, 2.05) is 0 Å². The third kappa shape index (κ3) is 5.16. The van der Waals surface area contributed by atoms with E-state index in [9.17, 15) is 13.2 Å². The van der Waals surface area contributed by atoms with Crippen molar-refractivity contribution in [2.75, 3.05) is 26.2 Å². The highest BCUT2D eigenvalue weighted by Crippen LogP contribution is 2.37. The summed E-state index contributed by atoms with van der Waals surface area (Å²) in [7, 11) is 0. The van der Waals surface area contributed by atoms with Crippen molar-refractivity contribution in [1.82, 2.24) is 10.2 Å². The van der Waals surface area contributed by atoms with E-state index in [1.54, 1.807) is 18.2 Å². The third-order valence-corrected chi connectivity index (χ3v) is 3.61. The first-order valence-corrected chi connectivity index (χ1v) is 6.76. The first-order valence-electron chi connectivity index (χ1n) is 6.76. The summed E-state index contributed by atoms with van der Waals surface area (Å²) in [6.07, 6.45) is -2.10. The van der Waals surface area contributed by atoms with Gasteiger partial charge in [0, 0.05) is 32.2 Å². The summed E-state index contributed by atoms with van der Waals surface area (Å²) in [6.45, 7) is 6.81. The zero-order chi connectivity index (χ0) is 14.6. The second-order valence-corrected chi connectivity index (χ2v) is 4.91. The molecule has 1 atom stereocenters. The molecule has 0 radical (unpaired) electrons. The summed E-state index contributed by atoms with van der Waals surface area (Å²) in [4.78, 5) is 2.10. The van der Waals surface area contributed by atoms with Gasteiger partial charge in [0.1, 0.15) is 0 Å². The Labute approximate surface area is 141 Å². The van der Waals surface area contributed by atoms with Gasteiger partial charge in [-0.15, -0.1) is 31.4 Å². The van der Waals surface area contributed by atoms with Gasteiger partial charge in [-0.2, -0.15) is 13.2 Å². The van der Waals surface area contributed by atoms with E-state index in [1.165, 1.54) is 6.07 Å². The maximum Gasteiger partial charge on any atom is 0.416 e. The predicted octanol–water partition coefficient (Wildman–Crippen LogP) is 4.07. The summed E-state index contributed by atoms with van der Waals surface area (Å²) in [5.74, 6) is 0. The van der Waals surface area contributed by atoms with E-state index >= 15 is 0 Å². The van der Waals surface area contributed by atoms with Gasteiger partial charge in [-0.1, -0.05) is 24.3 Å². The van der Waals surface area contributed by atoms with E-state index < -0.39 is 11.7 Å². The van der Waals surface area contributed by atoms with Crippen molar-refractivity contribution in [3.05, 3.63) is 48.0 Å². The number of benzene rings is 1. The van der Waals surface area contributed by atoms with Gasteiger partial charge in [-0.25, -0.2) is 0 Å². The van der Waals surface area contributed by atoms with Crippen molar-refractivity contribution in [2.45, 2.75) is 18.6 Å². The quantitative estimate of drug-likeness (QED) is 0.818. The van der Waals surface area contributed by atoms with Gasteiger partial charge in [0.05, 0.1) is 5.56 Å². The minimum atomic E-state index is -4.32. The van der Waals surface area contributed by atoms with Gasteiger partial charge in [-0.05, 0) is 18.1 Å². The van der Waals surface area contributed by atoms with Crippen molar-refractivity contribution >= 4 is 24.8 Å². The smallest absolute Gasteiger partial charge is 0.314 e. The number of rotatable bonds is 4. The second-order valence-electron chi connectivity index (χ2n) is 4.91. The van der Waals surface area contributed by atoms with Crippen LogP contribution in [0.1, 0.15) is 23.6 Å². The van der Waals surface area contributed by atoms with Gasteiger partial charge in [-0.3, -0.25) is 4.90 Å². The summed E-state index contributed by atoms with van der Waals surface area (Å²) >= 11 is 0. The molecule has 1 aromatic rings. The maximum absolute atomic E-state index is 13.2. The molecule has 126 valence electrons. The Balaban J connectivity index is 0.00000220. The summed E-state index contributed by atoms with van der Waals surface area (Å²) in [6, 6.07) is 5.59. The molecule has 0 bridgehead atoms. The van der Waals surface area contributed by atoms with E-state index in [0.717, 1.165) is 32.2 Å². The van der Waals surface area contributed by atoms with Gasteiger partial charge in [0.15, 0.2) is 0 Å². The number of hydrogen-bond acceptors (Lipinski definition) is 2. The number of alkyl halides is 3. The fraction of sp³-hybridized carbons (Fsp3) is 0.467. The van der Waals surface area contributed by atoms with E-state index in [-0.39, 0.29) is 30.9 Å². The molecule has 0 aromatic heterocycles. The number of hydrogen-bond donors (Lipinski definition) is 1. The average molecular weight is 357 g/mol. The minimum Gasteiger partial charge on any atom is -0.314 e. The molecule has 1 fully saturated rings. The molecule has 1 N–H and O–H groups in total. The molecule has 0 aliphatic carbocycles. The Bertz CT molecular complexity index is 460. The molecule has 2 rings (SSSR count). The van der Waals surface area contributed by atoms with Crippen LogP contribution in [0.15, 0.2) is 36.9 Å². The van der Waals surface area contributed by atoms with Crippen LogP contribution in [0.3, 0.4) is 0 Å². The molecule has 0 unspecified atom stereocenters. The molecule has 22 heavy (non-hydrogen) atoms. The van der Waals surface area contributed by atoms with Crippen LogP contribution in [0.25, 0.3) is 0 Å². The van der Waals surface area contributed by atoms with Crippen molar-refractivity contribution in [1.29, 1.82) is 0 Å². The monoisotopic (exact) mass is 356 g/mol. The largest absolute Gasteiger partial charge is 0.416 e. The van der Waals surface area contributed by atoms with E-state index in [4.69, 9.17) is 0 Å². The normalized spacial score (nSPS) is 17.0. The van der Waals surface area contributed by atoms with Gasteiger partial charge < -0.3 is 5.32 Å². The van der Waals surface area contributed by atoms with Gasteiger partial charge in [0.2, 0.25) is 0 Å². The first-order chi connectivity index (χ1) is 9.54. The number of nitrogens with one attached hydrogen (secondary N) is 1. The molecular formula is C15H21Cl2F3N2. The molecule has 0 saturated carbocycles. The van der Waals surface area contributed by atoms with Crippen LogP contribution < -0.4 is 5.32 Å². The Hall–Kier alpha value is -0.750. The van der Waals surface area contributed by atoms with Gasteiger partial charge in [0.25, 0.3) is 0 Å². The first kappa shape index (κ1) is 21.2. The molecule has 1 aliphatic heterocycles. The Morgan fingerprint density at radius 3 is 2.32 bits per heavy atom. The Morgan fingerprint density at radius 2 is 1.77 bits per heavy atom. The molecule has 0 amide bonds. The topological polar surface area (TPSA) is 15.3 Å². The van der Waals surface area contributed by atoms with Crippen molar-refractivity contribution in [3.63, 3.8) is 0 Å². The highest BCUT2D eigenvalue weighted by Gasteiger charge is 2.36. The standard InChI is InChI=1S/C15H19F3N2.2ClH/c1-2-5-14(20-10-8-19-9-11-20)12-6-3-4-7-13(12)15(16,17)18;;/h2-4,6-7,14,19H,1,5,8-11H2;2*1H/t14-;;/m1../s1. The van der Waals surface area contributed by atoms with Crippen LogP contribution >= 0.6 is 24.8 Å². The van der Waals surface area contributed by atoms with Gasteiger partial charge >= 0.3 is 6.18 Å². The van der Waals surface area contributed by atoms with Crippen LogP contribution in [-0.4, -0.2) is 31.1 Å². The lowest BCUT2D eigenvalue weighted by Crippen LogP contribution is -2.45. The molecule has 7 heteroatoms. The lowest BCUT2D eigenvalue weighted by molar-refractivity contribution is -0.138. The number of halogens is 5. The predicted molar refractivity (Wildman–Crippen MR) is 87.9 cm³/mol. The summed E-state index contributed by atoms with van der Waals surface area (Å²) < 4.78 is 39.5. The summed E-state index contributed by atoms with van der Waals surface area (Å²) in [5, 5.41) is 3.22. The van der Waals surface area contributed by atoms with Crippen LogP contribution in [0, 0.1) is 0 Å². The lowest BCUT2D eigenvalue weighted by atomic mass is 9.95. The Morgan fingerprint density at radius 1 is 1.18 bits per heavy atom. The zero-order valence-corrected chi connectivity index (χ0v) is 13.7. The highest BCUT2D eigenvalue weighted by atomic mass is 35.5. The van der Waals surface area contributed by atoms with Crippen molar-refractivity contribution in [2.24, 2.45) is 0 Å². The minimum absolute atomic E-state index is 0.